The lowest BCUT2D eigenvalue weighted by Gasteiger charge is -2.12. The molecule has 0 unspecified atom stereocenters. The number of non-ortho nitro benzene ring substituents is 2. The minimum atomic E-state index is -0.550. The number of carbonyl (C=O) groups is 2. The molecular weight excluding hydrogens is 374 g/mol. The highest BCUT2D eigenvalue weighted by Gasteiger charge is 2.35. The maximum absolute atomic E-state index is 12.5. The second-order valence-corrected chi connectivity index (χ2v) is 6.54. The lowest BCUT2D eigenvalue weighted by atomic mass is 10.1. The summed E-state index contributed by atoms with van der Waals surface area (Å²) in [6.45, 7) is -0.0794. The summed E-state index contributed by atoms with van der Waals surface area (Å²) >= 11 is 0.748. The van der Waals surface area contributed by atoms with Crippen LogP contribution in [0, 0.1) is 20.2 Å². The van der Waals surface area contributed by atoms with E-state index in [0.29, 0.717) is 11.1 Å². The Morgan fingerprint density at radius 2 is 1.63 bits per heavy atom. The predicted octanol–water partition coefficient (Wildman–Crippen LogP) is 3.74. The van der Waals surface area contributed by atoms with Gasteiger partial charge < -0.3 is 0 Å². The van der Waals surface area contributed by atoms with Crippen LogP contribution in [0.25, 0.3) is 6.08 Å². The van der Waals surface area contributed by atoms with Gasteiger partial charge in [-0.25, -0.2) is 0 Å². The maximum Gasteiger partial charge on any atom is 0.293 e. The molecule has 2 amide bonds. The number of nitro benzene ring substituents is 2. The number of imide groups is 1. The molecule has 2 aromatic carbocycles. The van der Waals surface area contributed by atoms with Gasteiger partial charge in [0.1, 0.15) is 0 Å². The van der Waals surface area contributed by atoms with Gasteiger partial charge in [0, 0.05) is 24.3 Å². The highest BCUT2D eigenvalue weighted by atomic mass is 32.2. The molecule has 0 N–H and O–H groups in total. The summed E-state index contributed by atoms with van der Waals surface area (Å²) in [4.78, 5) is 46.3. The Hall–Kier alpha value is -3.53. The Morgan fingerprint density at radius 3 is 2.26 bits per heavy atom. The van der Waals surface area contributed by atoms with E-state index < -0.39 is 21.0 Å². The van der Waals surface area contributed by atoms with Crippen LogP contribution in [-0.4, -0.2) is 25.9 Å². The zero-order valence-corrected chi connectivity index (χ0v) is 14.4. The summed E-state index contributed by atoms with van der Waals surface area (Å²) in [5.41, 5.74) is 0.802. The molecule has 1 aliphatic rings. The molecule has 9 nitrogen and oxygen atoms in total. The van der Waals surface area contributed by atoms with Gasteiger partial charge in [-0.2, -0.15) is 0 Å². The number of nitro groups is 2. The third kappa shape index (κ3) is 4.01. The van der Waals surface area contributed by atoms with Crippen LogP contribution in [0.1, 0.15) is 11.1 Å². The van der Waals surface area contributed by atoms with Gasteiger partial charge in [0.2, 0.25) is 0 Å². The molecule has 1 heterocycles. The SMILES string of the molecule is O=C1S/C(=C/c2ccc([N+](=O)[O-])cc2)C(=O)N1Cc1cccc([N+](=O)[O-])c1. The first-order chi connectivity index (χ1) is 12.8. The molecule has 0 aliphatic carbocycles. The van der Waals surface area contributed by atoms with Crippen molar-refractivity contribution in [2.45, 2.75) is 6.54 Å². The summed E-state index contributed by atoms with van der Waals surface area (Å²) in [5, 5.41) is 21.0. The summed E-state index contributed by atoms with van der Waals surface area (Å²) in [6, 6.07) is 11.3. The molecule has 27 heavy (non-hydrogen) atoms. The molecule has 1 saturated heterocycles. The van der Waals surface area contributed by atoms with Gasteiger partial charge in [0.05, 0.1) is 21.3 Å². The van der Waals surface area contributed by atoms with Gasteiger partial charge in [-0.1, -0.05) is 12.1 Å². The third-order valence-corrected chi connectivity index (χ3v) is 4.64. The van der Waals surface area contributed by atoms with Crippen molar-refractivity contribution in [3.05, 3.63) is 84.8 Å². The van der Waals surface area contributed by atoms with Crippen molar-refractivity contribution >= 4 is 40.4 Å². The summed E-state index contributed by atoms with van der Waals surface area (Å²) in [7, 11) is 0. The van der Waals surface area contributed by atoms with E-state index in [0.717, 1.165) is 16.7 Å². The molecule has 136 valence electrons. The highest BCUT2D eigenvalue weighted by Crippen LogP contribution is 2.33. The van der Waals surface area contributed by atoms with E-state index in [4.69, 9.17) is 0 Å². The van der Waals surface area contributed by atoms with Crippen LogP contribution < -0.4 is 0 Å². The largest absolute Gasteiger partial charge is 0.293 e. The van der Waals surface area contributed by atoms with E-state index >= 15 is 0 Å². The summed E-state index contributed by atoms with van der Waals surface area (Å²) < 4.78 is 0. The van der Waals surface area contributed by atoms with Crippen LogP contribution in [0.15, 0.2) is 53.4 Å². The van der Waals surface area contributed by atoms with Crippen LogP contribution in [0.4, 0.5) is 16.2 Å². The van der Waals surface area contributed by atoms with E-state index in [1.54, 1.807) is 6.07 Å². The van der Waals surface area contributed by atoms with Crippen LogP contribution in [0.3, 0.4) is 0 Å². The molecule has 0 bridgehead atoms. The number of amides is 2. The number of hydrogen-bond donors (Lipinski definition) is 0. The Bertz CT molecular complexity index is 986. The Balaban J connectivity index is 1.79. The zero-order valence-electron chi connectivity index (χ0n) is 13.6. The van der Waals surface area contributed by atoms with Crippen LogP contribution >= 0.6 is 11.8 Å². The average Bonchev–Trinajstić information content (AvgIpc) is 2.90. The molecule has 0 spiro atoms. The normalized spacial score (nSPS) is 15.4. The fourth-order valence-electron chi connectivity index (χ4n) is 2.43. The topological polar surface area (TPSA) is 124 Å². The first-order valence-electron chi connectivity index (χ1n) is 7.58. The first kappa shape index (κ1) is 18.3. The molecule has 10 heteroatoms. The maximum atomic E-state index is 12.5. The van der Waals surface area contributed by atoms with Crippen molar-refractivity contribution in [1.29, 1.82) is 0 Å². The molecule has 3 rings (SSSR count). The van der Waals surface area contributed by atoms with Gasteiger partial charge >= 0.3 is 0 Å². The monoisotopic (exact) mass is 385 g/mol. The second kappa shape index (κ2) is 7.38. The average molecular weight is 385 g/mol. The summed E-state index contributed by atoms with van der Waals surface area (Å²) in [5.74, 6) is -0.519. The van der Waals surface area contributed by atoms with E-state index in [2.05, 4.69) is 0 Å². The molecule has 2 aromatic rings. The highest BCUT2D eigenvalue weighted by molar-refractivity contribution is 8.18. The van der Waals surface area contributed by atoms with Crippen molar-refractivity contribution in [1.82, 2.24) is 4.90 Å². The molecule has 1 aliphatic heterocycles. The van der Waals surface area contributed by atoms with E-state index in [-0.39, 0.29) is 22.8 Å². The van der Waals surface area contributed by atoms with Crippen molar-refractivity contribution in [3.63, 3.8) is 0 Å². The minimum absolute atomic E-state index is 0.0778. The fourth-order valence-corrected chi connectivity index (χ4v) is 3.27. The second-order valence-electron chi connectivity index (χ2n) is 5.54. The zero-order chi connectivity index (χ0) is 19.6. The van der Waals surface area contributed by atoms with Crippen molar-refractivity contribution in [2.75, 3.05) is 0 Å². The number of benzene rings is 2. The van der Waals surface area contributed by atoms with Crippen molar-refractivity contribution in [3.8, 4) is 0 Å². The van der Waals surface area contributed by atoms with Crippen LogP contribution in [0.2, 0.25) is 0 Å². The van der Waals surface area contributed by atoms with E-state index in [9.17, 15) is 29.8 Å². The lowest BCUT2D eigenvalue weighted by molar-refractivity contribution is -0.385. The Labute approximate surface area is 156 Å². The molecule has 1 fully saturated rings. The summed E-state index contributed by atoms with van der Waals surface area (Å²) in [6.07, 6.45) is 1.47. The van der Waals surface area contributed by atoms with E-state index in [1.807, 2.05) is 0 Å². The molecule has 0 radical (unpaired) electrons. The van der Waals surface area contributed by atoms with Gasteiger partial charge in [0.25, 0.3) is 22.5 Å². The number of thioether (sulfide) groups is 1. The minimum Gasteiger partial charge on any atom is -0.268 e. The number of rotatable bonds is 5. The number of carbonyl (C=O) groups excluding carboxylic acids is 2. The lowest BCUT2D eigenvalue weighted by Crippen LogP contribution is -2.27. The van der Waals surface area contributed by atoms with Crippen molar-refractivity contribution < 1.29 is 19.4 Å². The van der Waals surface area contributed by atoms with Crippen LogP contribution in [0.5, 0.6) is 0 Å². The standard InChI is InChI=1S/C17H11N3O6S/c21-16-15(9-11-4-6-13(7-5-11)19(23)24)27-17(22)18(16)10-12-2-1-3-14(8-12)20(25)26/h1-9H,10H2/b15-9+. The van der Waals surface area contributed by atoms with Gasteiger partial charge in [0.15, 0.2) is 0 Å². The fraction of sp³-hybridized carbons (Fsp3) is 0.0588. The van der Waals surface area contributed by atoms with Crippen molar-refractivity contribution in [2.24, 2.45) is 0 Å². The first-order valence-corrected chi connectivity index (χ1v) is 8.40. The molecule has 0 atom stereocenters. The molecular formula is C17H11N3O6S. The number of nitrogens with zero attached hydrogens (tertiary/aromatic N) is 3. The number of hydrogen-bond acceptors (Lipinski definition) is 7. The molecule has 0 saturated carbocycles. The Morgan fingerprint density at radius 1 is 0.963 bits per heavy atom. The van der Waals surface area contributed by atoms with E-state index in [1.165, 1.54) is 48.5 Å². The molecule has 0 aromatic heterocycles. The predicted molar refractivity (Wildman–Crippen MR) is 97.7 cm³/mol. The Kier molecular flexibility index (Phi) is 4.99. The third-order valence-electron chi connectivity index (χ3n) is 3.74. The van der Waals surface area contributed by atoms with Gasteiger partial charge in [-0.05, 0) is 41.1 Å². The van der Waals surface area contributed by atoms with Gasteiger partial charge in [-0.15, -0.1) is 0 Å². The van der Waals surface area contributed by atoms with Crippen LogP contribution in [-0.2, 0) is 11.3 Å². The quantitative estimate of drug-likeness (QED) is 0.436. The smallest absolute Gasteiger partial charge is 0.268 e. The van der Waals surface area contributed by atoms with Gasteiger partial charge in [-0.3, -0.25) is 34.7 Å².